The molecule has 0 radical (unpaired) electrons. The summed E-state index contributed by atoms with van der Waals surface area (Å²) in [7, 11) is 0. The van der Waals surface area contributed by atoms with Crippen molar-refractivity contribution < 1.29 is 23.8 Å². The third-order valence-corrected chi connectivity index (χ3v) is 6.56. The van der Waals surface area contributed by atoms with Gasteiger partial charge in [-0.05, 0) is 87.4 Å². The lowest BCUT2D eigenvalue weighted by molar-refractivity contribution is -0.211. The number of hydrogen-bond acceptors (Lipinski definition) is 5. The number of ether oxygens (including phenoxy) is 3. The van der Waals surface area contributed by atoms with Crippen molar-refractivity contribution in [3.63, 3.8) is 0 Å². The standard InChI is InChI=1S/C28H35ClO5/c1-6-32-27(31)28(14-8-7-9-25(28)33-18(2)3)34-26(30)17-22-15-20(5)24(16-19(22)4)21-10-12-23(29)13-11-21/h10-13,15-16,18,25H,6-9,14,17H2,1-5H3. The minimum Gasteiger partial charge on any atom is -0.463 e. The van der Waals surface area contributed by atoms with Crippen LogP contribution in [0.4, 0.5) is 0 Å². The van der Waals surface area contributed by atoms with Crippen molar-refractivity contribution >= 4 is 23.5 Å². The molecule has 2 aromatic rings. The summed E-state index contributed by atoms with van der Waals surface area (Å²) in [5, 5.41) is 0.690. The molecule has 184 valence electrons. The van der Waals surface area contributed by atoms with Crippen molar-refractivity contribution in [1.82, 2.24) is 0 Å². The summed E-state index contributed by atoms with van der Waals surface area (Å²) in [4.78, 5) is 26.2. The first-order valence-corrected chi connectivity index (χ1v) is 12.4. The molecule has 0 bridgehead atoms. The van der Waals surface area contributed by atoms with E-state index in [-0.39, 0.29) is 19.1 Å². The fraction of sp³-hybridized carbons (Fsp3) is 0.500. The Morgan fingerprint density at radius 3 is 2.44 bits per heavy atom. The Labute approximate surface area is 207 Å². The molecular weight excluding hydrogens is 452 g/mol. The van der Waals surface area contributed by atoms with Gasteiger partial charge >= 0.3 is 11.9 Å². The molecule has 3 rings (SSSR count). The average Bonchev–Trinajstić information content (AvgIpc) is 2.78. The second-order valence-electron chi connectivity index (χ2n) is 9.28. The first-order valence-electron chi connectivity index (χ1n) is 12.1. The van der Waals surface area contributed by atoms with E-state index >= 15 is 0 Å². The second kappa shape index (κ2) is 11.4. The lowest BCUT2D eigenvalue weighted by atomic mass is 9.81. The maximum absolute atomic E-state index is 13.2. The van der Waals surface area contributed by atoms with E-state index in [4.69, 9.17) is 25.8 Å². The Kier molecular flexibility index (Phi) is 8.78. The smallest absolute Gasteiger partial charge is 0.353 e. The van der Waals surface area contributed by atoms with Gasteiger partial charge in [0.1, 0.15) is 6.10 Å². The molecule has 6 heteroatoms. The van der Waals surface area contributed by atoms with E-state index in [9.17, 15) is 9.59 Å². The van der Waals surface area contributed by atoms with Gasteiger partial charge in [-0.1, -0.05) is 42.3 Å². The zero-order valence-electron chi connectivity index (χ0n) is 20.8. The SMILES string of the molecule is CCOC(=O)C1(OC(=O)Cc2cc(C)c(-c3ccc(Cl)cc3)cc2C)CCCCC1OC(C)C. The van der Waals surface area contributed by atoms with Gasteiger partial charge in [0.25, 0.3) is 0 Å². The third kappa shape index (κ3) is 6.00. The molecule has 0 aliphatic heterocycles. The third-order valence-electron chi connectivity index (χ3n) is 6.31. The number of benzene rings is 2. The summed E-state index contributed by atoms with van der Waals surface area (Å²) in [5.74, 6) is -0.964. The normalized spacial score (nSPS) is 20.3. The molecule has 2 aromatic carbocycles. The number of hydrogen-bond donors (Lipinski definition) is 0. The molecule has 5 nitrogen and oxygen atoms in total. The van der Waals surface area contributed by atoms with Crippen LogP contribution < -0.4 is 0 Å². The van der Waals surface area contributed by atoms with Crippen molar-refractivity contribution in [3.05, 3.63) is 58.1 Å². The molecule has 0 saturated heterocycles. The average molecular weight is 487 g/mol. The summed E-state index contributed by atoms with van der Waals surface area (Å²) in [6.45, 7) is 9.81. The van der Waals surface area contributed by atoms with Crippen LogP contribution in [-0.2, 0) is 30.2 Å². The van der Waals surface area contributed by atoms with Crippen LogP contribution in [0.5, 0.6) is 0 Å². The largest absolute Gasteiger partial charge is 0.463 e. The van der Waals surface area contributed by atoms with E-state index in [0.29, 0.717) is 17.9 Å². The highest BCUT2D eigenvalue weighted by Gasteiger charge is 2.53. The summed E-state index contributed by atoms with van der Waals surface area (Å²) in [6.07, 6.45) is 2.21. The van der Waals surface area contributed by atoms with Crippen LogP contribution in [0.1, 0.15) is 63.1 Å². The van der Waals surface area contributed by atoms with Gasteiger partial charge in [-0.15, -0.1) is 0 Å². The summed E-state index contributed by atoms with van der Waals surface area (Å²) < 4.78 is 17.4. The van der Waals surface area contributed by atoms with Crippen molar-refractivity contribution in [3.8, 4) is 11.1 Å². The quantitative estimate of drug-likeness (QED) is 0.405. The molecule has 1 fully saturated rings. The van der Waals surface area contributed by atoms with Gasteiger partial charge < -0.3 is 14.2 Å². The summed E-state index contributed by atoms with van der Waals surface area (Å²) >= 11 is 6.03. The van der Waals surface area contributed by atoms with Gasteiger partial charge in [0, 0.05) is 11.4 Å². The Morgan fingerprint density at radius 1 is 1.09 bits per heavy atom. The van der Waals surface area contributed by atoms with Crippen LogP contribution in [0.2, 0.25) is 5.02 Å². The molecule has 1 saturated carbocycles. The fourth-order valence-electron chi connectivity index (χ4n) is 4.66. The predicted octanol–water partition coefficient (Wildman–Crippen LogP) is 6.38. The van der Waals surface area contributed by atoms with E-state index in [0.717, 1.165) is 40.7 Å². The zero-order chi connectivity index (χ0) is 24.9. The molecule has 1 aliphatic rings. The first-order chi connectivity index (χ1) is 16.2. The van der Waals surface area contributed by atoms with Gasteiger partial charge in [0.15, 0.2) is 0 Å². The van der Waals surface area contributed by atoms with E-state index in [1.54, 1.807) is 6.92 Å². The predicted molar refractivity (Wildman–Crippen MR) is 134 cm³/mol. The van der Waals surface area contributed by atoms with Crippen molar-refractivity contribution in [1.29, 1.82) is 0 Å². The van der Waals surface area contributed by atoms with Gasteiger partial charge in [-0.25, -0.2) is 4.79 Å². The van der Waals surface area contributed by atoms with E-state index in [1.165, 1.54) is 0 Å². The fourth-order valence-corrected chi connectivity index (χ4v) is 4.79. The lowest BCUT2D eigenvalue weighted by Gasteiger charge is -2.41. The molecule has 1 aliphatic carbocycles. The first kappa shape index (κ1) is 26.2. The Hall–Kier alpha value is -2.37. The number of carbonyl (C=O) groups excluding carboxylic acids is 2. The summed E-state index contributed by atoms with van der Waals surface area (Å²) in [5.41, 5.74) is 3.66. The minimum atomic E-state index is -1.40. The molecule has 0 amide bonds. The minimum absolute atomic E-state index is 0.0725. The van der Waals surface area contributed by atoms with Crippen LogP contribution in [-0.4, -0.2) is 36.4 Å². The topological polar surface area (TPSA) is 61.8 Å². The van der Waals surface area contributed by atoms with E-state index < -0.39 is 23.6 Å². The van der Waals surface area contributed by atoms with E-state index in [1.807, 2.05) is 58.0 Å². The highest BCUT2D eigenvalue weighted by atomic mass is 35.5. The number of esters is 2. The molecule has 0 aromatic heterocycles. The number of rotatable bonds is 8. The van der Waals surface area contributed by atoms with Crippen molar-refractivity contribution in [2.24, 2.45) is 0 Å². The zero-order valence-corrected chi connectivity index (χ0v) is 21.5. The number of aryl methyl sites for hydroxylation is 2. The highest BCUT2D eigenvalue weighted by Crippen LogP contribution is 2.37. The highest BCUT2D eigenvalue weighted by molar-refractivity contribution is 6.30. The molecular formula is C28H35ClO5. The van der Waals surface area contributed by atoms with Gasteiger partial charge in [-0.2, -0.15) is 0 Å². The maximum atomic E-state index is 13.2. The summed E-state index contributed by atoms with van der Waals surface area (Å²) in [6, 6.07) is 11.8. The monoisotopic (exact) mass is 486 g/mol. The van der Waals surface area contributed by atoms with Gasteiger partial charge in [-0.3, -0.25) is 4.79 Å². The van der Waals surface area contributed by atoms with Crippen LogP contribution in [0.15, 0.2) is 36.4 Å². The van der Waals surface area contributed by atoms with Gasteiger partial charge in [0.05, 0.1) is 19.1 Å². The lowest BCUT2D eigenvalue weighted by Crippen LogP contribution is -2.57. The molecule has 0 spiro atoms. The Balaban J connectivity index is 1.84. The van der Waals surface area contributed by atoms with Crippen LogP contribution in [0.3, 0.4) is 0 Å². The molecule has 2 unspecified atom stereocenters. The molecule has 0 heterocycles. The molecule has 0 N–H and O–H groups in total. The Bertz CT molecular complexity index is 1010. The van der Waals surface area contributed by atoms with Crippen LogP contribution >= 0.6 is 11.6 Å². The number of halogens is 1. The van der Waals surface area contributed by atoms with Crippen LogP contribution in [0.25, 0.3) is 11.1 Å². The second-order valence-corrected chi connectivity index (χ2v) is 9.72. The van der Waals surface area contributed by atoms with E-state index in [2.05, 4.69) is 6.07 Å². The number of carbonyl (C=O) groups is 2. The van der Waals surface area contributed by atoms with Crippen molar-refractivity contribution in [2.75, 3.05) is 6.61 Å². The van der Waals surface area contributed by atoms with Crippen LogP contribution in [0, 0.1) is 13.8 Å². The van der Waals surface area contributed by atoms with Crippen molar-refractivity contribution in [2.45, 2.75) is 84.5 Å². The Morgan fingerprint density at radius 2 is 1.79 bits per heavy atom. The molecule has 2 atom stereocenters. The molecule has 34 heavy (non-hydrogen) atoms. The van der Waals surface area contributed by atoms with Gasteiger partial charge in [0.2, 0.25) is 5.60 Å². The maximum Gasteiger partial charge on any atom is 0.353 e.